The molecule has 0 bridgehead atoms. The number of hydrogen-bond acceptors (Lipinski definition) is 6. The second-order valence-corrected chi connectivity index (χ2v) is 10.4. The van der Waals surface area contributed by atoms with Crippen molar-refractivity contribution in [1.29, 1.82) is 0 Å². The number of piperidine rings is 1. The van der Waals surface area contributed by atoms with Crippen LogP contribution in [-0.2, 0) is 16.1 Å². The van der Waals surface area contributed by atoms with Gasteiger partial charge in [0.25, 0.3) is 0 Å². The zero-order chi connectivity index (χ0) is 25.9. The fourth-order valence-corrected chi connectivity index (χ4v) is 5.75. The van der Waals surface area contributed by atoms with Gasteiger partial charge in [-0.05, 0) is 55.1 Å². The minimum Gasteiger partial charge on any atom is -0.454 e. The Kier molecular flexibility index (Phi) is 7.16. The number of amides is 2. The number of nitrogens with one attached hydrogen (secondary N) is 1. The number of piperazine rings is 1. The molecular formula is C30H34N4O4. The third kappa shape index (κ3) is 5.47. The van der Waals surface area contributed by atoms with Crippen LogP contribution in [0.1, 0.15) is 18.4 Å². The molecule has 8 heteroatoms. The van der Waals surface area contributed by atoms with Gasteiger partial charge in [0.05, 0.1) is 6.54 Å². The highest BCUT2D eigenvalue weighted by atomic mass is 16.7. The van der Waals surface area contributed by atoms with Crippen LogP contribution in [0.15, 0.2) is 60.7 Å². The maximum atomic E-state index is 13.2. The largest absolute Gasteiger partial charge is 0.454 e. The van der Waals surface area contributed by atoms with E-state index in [0.717, 1.165) is 86.6 Å². The molecule has 0 aromatic heterocycles. The van der Waals surface area contributed by atoms with E-state index in [0.29, 0.717) is 6.54 Å². The van der Waals surface area contributed by atoms with Crippen molar-refractivity contribution < 1.29 is 19.1 Å². The summed E-state index contributed by atoms with van der Waals surface area (Å²) in [7, 11) is 0. The zero-order valence-corrected chi connectivity index (χ0v) is 21.6. The van der Waals surface area contributed by atoms with E-state index in [1.165, 1.54) is 5.56 Å². The summed E-state index contributed by atoms with van der Waals surface area (Å²) in [5, 5.41) is 5.23. The van der Waals surface area contributed by atoms with Crippen LogP contribution >= 0.6 is 0 Å². The van der Waals surface area contributed by atoms with Crippen molar-refractivity contribution in [2.45, 2.75) is 19.4 Å². The van der Waals surface area contributed by atoms with E-state index in [9.17, 15) is 9.59 Å². The van der Waals surface area contributed by atoms with Crippen LogP contribution in [0.3, 0.4) is 0 Å². The van der Waals surface area contributed by atoms with Crippen molar-refractivity contribution in [3.63, 3.8) is 0 Å². The van der Waals surface area contributed by atoms with E-state index in [2.05, 4.69) is 27.2 Å². The molecule has 0 atom stereocenters. The van der Waals surface area contributed by atoms with E-state index < -0.39 is 0 Å². The van der Waals surface area contributed by atoms with Crippen LogP contribution in [0, 0.1) is 5.92 Å². The number of ether oxygens (including phenoxy) is 2. The molecule has 2 fully saturated rings. The zero-order valence-electron chi connectivity index (χ0n) is 21.6. The first-order chi connectivity index (χ1) is 18.6. The van der Waals surface area contributed by atoms with Crippen LogP contribution in [0.4, 0.5) is 5.69 Å². The van der Waals surface area contributed by atoms with Crippen LogP contribution in [0.2, 0.25) is 0 Å². The van der Waals surface area contributed by atoms with Crippen LogP contribution < -0.4 is 14.8 Å². The fraction of sp³-hybridized carbons (Fsp3) is 0.400. The molecule has 8 nitrogen and oxygen atoms in total. The molecule has 0 radical (unpaired) electrons. The van der Waals surface area contributed by atoms with E-state index in [1.807, 2.05) is 53.4 Å². The lowest BCUT2D eigenvalue weighted by molar-refractivity contribution is -0.139. The lowest BCUT2D eigenvalue weighted by atomic mass is 9.95. The van der Waals surface area contributed by atoms with Crippen molar-refractivity contribution in [3.8, 4) is 11.5 Å². The van der Waals surface area contributed by atoms with Gasteiger partial charge >= 0.3 is 0 Å². The third-order valence-corrected chi connectivity index (χ3v) is 7.89. The summed E-state index contributed by atoms with van der Waals surface area (Å²) in [6.45, 7) is 6.28. The standard InChI is InChI=1S/C30H34N4O4/c35-29(31-26-7-3-5-23-4-1-2-6-25(23)26)20-32-12-10-24(11-13-32)30(36)34-16-14-33(15-17-34)19-22-8-9-27-28(18-22)38-21-37-27/h1-9,18,24H,10-17,19-21H2,(H,31,35). The molecule has 0 aliphatic carbocycles. The van der Waals surface area contributed by atoms with Crippen LogP contribution in [0.5, 0.6) is 11.5 Å². The predicted octanol–water partition coefficient (Wildman–Crippen LogP) is 3.56. The number of carbonyl (C=O) groups is 2. The Labute approximate surface area is 223 Å². The molecule has 2 amide bonds. The summed E-state index contributed by atoms with van der Waals surface area (Å²) >= 11 is 0. The smallest absolute Gasteiger partial charge is 0.238 e. The summed E-state index contributed by atoms with van der Waals surface area (Å²) in [6, 6.07) is 20.1. The van der Waals surface area contributed by atoms with Gasteiger partial charge in [0.1, 0.15) is 0 Å². The van der Waals surface area contributed by atoms with Gasteiger partial charge in [-0.2, -0.15) is 0 Å². The van der Waals surface area contributed by atoms with Gasteiger partial charge in [-0.25, -0.2) is 0 Å². The Hall–Kier alpha value is -3.62. The van der Waals surface area contributed by atoms with Gasteiger partial charge in [0.2, 0.25) is 18.6 Å². The van der Waals surface area contributed by atoms with Crippen LogP contribution in [-0.4, -0.2) is 79.1 Å². The van der Waals surface area contributed by atoms with E-state index in [1.54, 1.807) is 0 Å². The van der Waals surface area contributed by atoms with Gasteiger partial charge in [-0.15, -0.1) is 0 Å². The average Bonchev–Trinajstić information content (AvgIpc) is 3.42. The first-order valence-electron chi connectivity index (χ1n) is 13.5. The maximum Gasteiger partial charge on any atom is 0.238 e. The first-order valence-corrected chi connectivity index (χ1v) is 13.5. The number of hydrogen-bond donors (Lipinski definition) is 1. The molecule has 0 spiro atoms. The molecule has 3 aromatic rings. The lowest BCUT2D eigenvalue weighted by Crippen LogP contribution is -2.51. The van der Waals surface area contributed by atoms with Crippen molar-refractivity contribution in [2.24, 2.45) is 5.92 Å². The molecule has 3 aliphatic heterocycles. The molecule has 3 aliphatic rings. The maximum absolute atomic E-state index is 13.2. The van der Waals surface area contributed by atoms with Gasteiger partial charge < -0.3 is 19.7 Å². The lowest BCUT2D eigenvalue weighted by Gasteiger charge is -2.38. The topological polar surface area (TPSA) is 74.4 Å². The van der Waals surface area contributed by atoms with Crippen molar-refractivity contribution >= 4 is 28.3 Å². The quantitative estimate of drug-likeness (QED) is 0.542. The van der Waals surface area contributed by atoms with Gasteiger partial charge in [-0.1, -0.05) is 42.5 Å². The molecule has 3 aromatic carbocycles. The predicted molar refractivity (Wildman–Crippen MR) is 146 cm³/mol. The Morgan fingerprint density at radius 1 is 0.816 bits per heavy atom. The molecule has 198 valence electrons. The Bertz CT molecular complexity index is 1310. The first kappa shape index (κ1) is 24.7. The fourth-order valence-electron chi connectivity index (χ4n) is 5.75. The number of nitrogens with zero attached hydrogens (tertiary/aromatic N) is 3. The number of carbonyl (C=O) groups excluding carboxylic acids is 2. The number of fused-ring (bicyclic) bond motifs is 2. The van der Waals surface area contributed by atoms with Gasteiger partial charge in [-0.3, -0.25) is 19.4 Å². The third-order valence-electron chi connectivity index (χ3n) is 7.89. The summed E-state index contributed by atoms with van der Waals surface area (Å²) in [5.41, 5.74) is 2.04. The molecular weight excluding hydrogens is 480 g/mol. The van der Waals surface area contributed by atoms with Gasteiger partial charge in [0.15, 0.2) is 11.5 Å². The van der Waals surface area contributed by atoms with Gasteiger partial charge in [0, 0.05) is 49.7 Å². The second kappa shape index (κ2) is 11.0. The van der Waals surface area contributed by atoms with Crippen molar-refractivity contribution in [3.05, 3.63) is 66.2 Å². The number of benzene rings is 3. The van der Waals surface area contributed by atoms with Crippen LogP contribution in [0.25, 0.3) is 10.8 Å². The van der Waals surface area contributed by atoms with Crippen molar-refractivity contribution in [2.75, 3.05) is 57.9 Å². The average molecular weight is 515 g/mol. The Balaban J connectivity index is 0.941. The molecule has 38 heavy (non-hydrogen) atoms. The summed E-state index contributed by atoms with van der Waals surface area (Å²) in [6.07, 6.45) is 1.61. The number of likely N-dealkylation sites (tertiary alicyclic amines) is 1. The number of rotatable bonds is 6. The highest BCUT2D eigenvalue weighted by molar-refractivity contribution is 6.02. The number of anilines is 1. The van der Waals surface area contributed by atoms with E-state index >= 15 is 0 Å². The molecule has 6 rings (SSSR count). The monoisotopic (exact) mass is 514 g/mol. The summed E-state index contributed by atoms with van der Waals surface area (Å²) in [4.78, 5) is 32.6. The van der Waals surface area contributed by atoms with E-state index in [4.69, 9.17) is 9.47 Å². The summed E-state index contributed by atoms with van der Waals surface area (Å²) < 4.78 is 10.9. The molecule has 3 heterocycles. The molecule has 2 saturated heterocycles. The second-order valence-electron chi connectivity index (χ2n) is 10.4. The normalized spacial score (nSPS) is 18.6. The highest BCUT2D eigenvalue weighted by Crippen LogP contribution is 2.33. The molecule has 0 saturated carbocycles. The molecule has 0 unspecified atom stereocenters. The highest BCUT2D eigenvalue weighted by Gasteiger charge is 2.31. The van der Waals surface area contributed by atoms with Crippen molar-refractivity contribution in [1.82, 2.24) is 14.7 Å². The Morgan fingerprint density at radius 2 is 1.58 bits per heavy atom. The summed E-state index contributed by atoms with van der Waals surface area (Å²) in [5.74, 6) is 1.93. The van der Waals surface area contributed by atoms with E-state index in [-0.39, 0.29) is 24.5 Å². The minimum atomic E-state index is -0.00953. The molecule has 1 N–H and O–H groups in total. The SMILES string of the molecule is O=C(CN1CCC(C(=O)N2CCN(Cc3ccc4c(c3)OCO4)CC2)CC1)Nc1cccc2ccccc12. The Morgan fingerprint density at radius 3 is 2.42 bits per heavy atom. The minimum absolute atomic E-state index is 0.00953.